The maximum Gasteiger partial charge on any atom is 0.343 e. The van der Waals surface area contributed by atoms with Gasteiger partial charge in [-0.05, 0) is 77.8 Å². The van der Waals surface area contributed by atoms with Crippen molar-refractivity contribution in [1.29, 1.82) is 0 Å². The number of fused-ring (bicyclic) bond motifs is 3. The van der Waals surface area contributed by atoms with Crippen LogP contribution in [0.1, 0.15) is 56.9 Å². The number of benzene rings is 4. The molecule has 0 spiro atoms. The molecule has 0 amide bonds. The molecule has 4 aromatic carbocycles. The van der Waals surface area contributed by atoms with Crippen LogP contribution in [0.4, 0.5) is 0 Å². The van der Waals surface area contributed by atoms with E-state index in [1.54, 1.807) is 19.2 Å². The number of carbonyl (C=O) groups is 1. The van der Waals surface area contributed by atoms with Gasteiger partial charge in [0, 0.05) is 22.0 Å². The number of methoxy groups -OCH3 is 1. The highest BCUT2D eigenvalue weighted by atomic mass is 79.9. The second kappa shape index (κ2) is 10.7. The third-order valence-corrected chi connectivity index (χ3v) is 8.24. The molecule has 0 aromatic heterocycles. The summed E-state index contributed by atoms with van der Waals surface area (Å²) in [4.78, 5) is 12.9. The lowest BCUT2D eigenvalue weighted by atomic mass is 9.95. The van der Waals surface area contributed by atoms with Crippen molar-refractivity contribution in [2.45, 2.75) is 32.5 Å². The van der Waals surface area contributed by atoms with Gasteiger partial charge in [-0.2, -0.15) is 5.10 Å². The molecular formula is C32H26Br2N2O4. The van der Waals surface area contributed by atoms with Crippen LogP contribution in [0, 0.1) is 13.8 Å². The van der Waals surface area contributed by atoms with E-state index >= 15 is 0 Å². The number of hydrogen-bond acceptors (Lipinski definition) is 6. The van der Waals surface area contributed by atoms with Crippen molar-refractivity contribution in [3.8, 4) is 17.2 Å². The summed E-state index contributed by atoms with van der Waals surface area (Å²) >= 11 is 7.23. The van der Waals surface area contributed by atoms with Crippen LogP contribution in [0.5, 0.6) is 17.2 Å². The molecule has 6 nitrogen and oxygen atoms in total. The molecule has 0 N–H and O–H groups in total. The predicted molar refractivity (Wildman–Crippen MR) is 161 cm³/mol. The fourth-order valence-corrected chi connectivity index (χ4v) is 5.94. The summed E-state index contributed by atoms with van der Waals surface area (Å²) in [5, 5.41) is 7.08. The summed E-state index contributed by atoms with van der Waals surface area (Å²) < 4.78 is 19.6. The zero-order valence-electron chi connectivity index (χ0n) is 22.2. The smallest absolute Gasteiger partial charge is 0.343 e. The molecule has 0 radical (unpaired) electrons. The van der Waals surface area contributed by atoms with E-state index in [0.717, 1.165) is 44.6 Å². The number of carbonyl (C=O) groups excluding carboxylic acids is 1. The lowest BCUT2D eigenvalue weighted by Gasteiger charge is -2.38. The Kier molecular flexibility index (Phi) is 7.15. The summed E-state index contributed by atoms with van der Waals surface area (Å²) in [6.07, 6.45) is 0.227. The lowest BCUT2D eigenvalue weighted by molar-refractivity contribution is -0.0192. The molecule has 0 saturated carbocycles. The van der Waals surface area contributed by atoms with Crippen LogP contribution in [0.3, 0.4) is 0 Å². The molecule has 0 saturated heterocycles. The molecule has 4 aromatic rings. The molecule has 0 aliphatic carbocycles. The average Bonchev–Trinajstić information content (AvgIpc) is 3.40. The zero-order chi connectivity index (χ0) is 28.0. The molecular weight excluding hydrogens is 636 g/mol. The number of hydrogen-bond donors (Lipinski definition) is 0. The first-order valence-corrected chi connectivity index (χ1v) is 14.4. The minimum absolute atomic E-state index is 0.00800. The van der Waals surface area contributed by atoms with Gasteiger partial charge in [-0.3, -0.25) is 0 Å². The van der Waals surface area contributed by atoms with Gasteiger partial charge in [0.1, 0.15) is 5.75 Å². The fraction of sp³-hybridized carbons (Fsp3) is 0.188. The predicted octanol–water partition coefficient (Wildman–Crippen LogP) is 8.30. The first-order chi connectivity index (χ1) is 19.3. The van der Waals surface area contributed by atoms with E-state index < -0.39 is 12.2 Å². The molecule has 0 fully saturated rings. The average molecular weight is 662 g/mol. The molecule has 0 unspecified atom stereocenters. The standard InChI is InChI=1S/C32H26Br2N2O4/c1-18-4-8-20(9-5-18)26-17-27-24-16-23(33)12-13-28(24)39-31(36(27)35-26)22-14-25(34)30(29(15-22)38-3)40-32(37)21-10-6-19(2)7-11-21/h4-16,27,31H,17H2,1-3H3/t27-,31+/m0/s1. The Labute approximate surface area is 249 Å². The van der Waals surface area contributed by atoms with Crippen molar-refractivity contribution in [2.75, 3.05) is 7.11 Å². The molecule has 2 heterocycles. The summed E-state index contributed by atoms with van der Waals surface area (Å²) in [6, 6.07) is 25.5. The summed E-state index contributed by atoms with van der Waals surface area (Å²) in [5.74, 6) is 1.05. The van der Waals surface area contributed by atoms with E-state index in [1.165, 1.54) is 5.56 Å². The van der Waals surface area contributed by atoms with Crippen LogP contribution in [-0.4, -0.2) is 23.8 Å². The number of halogens is 2. The molecule has 2 aliphatic heterocycles. The second-order valence-corrected chi connectivity index (χ2v) is 11.7. The quantitative estimate of drug-likeness (QED) is 0.159. The van der Waals surface area contributed by atoms with E-state index in [2.05, 4.69) is 69.1 Å². The molecule has 6 rings (SSSR count). The Hall–Kier alpha value is -3.62. The summed E-state index contributed by atoms with van der Waals surface area (Å²) in [7, 11) is 1.55. The topological polar surface area (TPSA) is 60.4 Å². The van der Waals surface area contributed by atoms with E-state index in [9.17, 15) is 4.79 Å². The third-order valence-electron chi connectivity index (χ3n) is 7.16. The van der Waals surface area contributed by atoms with Gasteiger partial charge in [-0.1, -0.05) is 63.5 Å². The van der Waals surface area contributed by atoms with E-state index in [0.29, 0.717) is 21.5 Å². The van der Waals surface area contributed by atoms with Crippen LogP contribution in [-0.2, 0) is 0 Å². The van der Waals surface area contributed by atoms with Gasteiger partial charge in [0.2, 0.25) is 6.23 Å². The lowest BCUT2D eigenvalue weighted by Crippen LogP contribution is -2.33. The Bertz CT molecular complexity index is 1630. The Morgan fingerprint density at radius 2 is 1.65 bits per heavy atom. The largest absolute Gasteiger partial charge is 0.493 e. The van der Waals surface area contributed by atoms with Crippen LogP contribution in [0.25, 0.3) is 0 Å². The van der Waals surface area contributed by atoms with Crippen LogP contribution >= 0.6 is 31.9 Å². The van der Waals surface area contributed by atoms with Crippen molar-refractivity contribution in [3.05, 3.63) is 121 Å². The zero-order valence-corrected chi connectivity index (χ0v) is 25.3. The minimum Gasteiger partial charge on any atom is -0.493 e. The first kappa shape index (κ1) is 26.6. The Morgan fingerprint density at radius 3 is 2.35 bits per heavy atom. The van der Waals surface area contributed by atoms with Gasteiger partial charge < -0.3 is 14.2 Å². The Balaban J connectivity index is 1.38. The van der Waals surface area contributed by atoms with Crippen LogP contribution in [0.2, 0.25) is 0 Å². The number of rotatable bonds is 5. The van der Waals surface area contributed by atoms with Crippen molar-refractivity contribution in [1.82, 2.24) is 5.01 Å². The van der Waals surface area contributed by atoms with Gasteiger partial charge in [-0.25, -0.2) is 9.80 Å². The van der Waals surface area contributed by atoms with Crippen molar-refractivity contribution < 1.29 is 19.0 Å². The van der Waals surface area contributed by atoms with Gasteiger partial charge >= 0.3 is 5.97 Å². The maximum atomic E-state index is 12.9. The third kappa shape index (κ3) is 5.02. The first-order valence-electron chi connectivity index (χ1n) is 12.9. The number of esters is 1. The minimum atomic E-state index is -0.520. The molecule has 8 heteroatoms. The number of ether oxygens (including phenoxy) is 3. The highest BCUT2D eigenvalue weighted by Crippen LogP contribution is 2.50. The fourth-order valence-electron chi connectivity index (χ4n) is 5.02. The number of hydrazone groups is 1. The van der Waals surface area contributed by atoms with E-state index in [-0.39, 0.29) is 6.04 Å². The van der Waals surface area contributed by atoms with Crippen LogP contribution in [0.15, 0.2) is 92.9 Å². The molecule has 40 heavy (non-hydrogen) atoms. The molecule has 2 aliphatic rings. The van der Waals surface area contributed by atoms with E-state index in [4.69, 9.17) is 19.3 Å². The monoisotopic (exact) mass is 660 g/mol. The molecule has 202 valence electrons. The second-order valence-electron chi connectivity index (χ2n) is 9.95. The number of aryl methyl sites for hydroxylation is 2. The molecule has 0 bridgehead atoms. The SMILES string of the molecule is COc1cc([C@H]2Oc3ccc(Br)cc3[C@@H]3CC(c4ccc(C)cc4)=NN23)cc(Br)c1OC(=O)c1ccc(C)cc1. The van der Waals surface area contributed by atoms with Gasteiger partial charge in [0.15, 0.2) is 11.5 Å². The van der Waals surface area contributed by atoms with Gasteiger partial charge in [0.05, 0.1) is 28.9 Å². The van der Waals surface area contributed by atoms with Crippen molar-refractivity contribution in [2.24, 2.45) is 5.10 Å². The summed E-state index contributed by atoms with van der Waals surface area (Å²) in [5.41, 5.74) is 6.70. The highest BCUT2D eigenvalue weighted by Gasteiger charge is 2.41. The van der Waals surface area contributed by atoms with Crippen molar-refractivity contribution in [3.63, 3.8) is 0 Å². The Morgan fingerprint density at radius 1 is 0.950 bits per heavy atom. The van der Waals surface area contributed by atoms with E-state index in [1.807, 2.05) is 48.3 Å². The number of nitrogens with zero attached hydrogens (tertiary/aromatic N) is 2. The highest BCUT2D eigenvalue weighted by molar-refractivity contribution is 9.10. The van der Waals surface area contributed by atoms with Crippen LogP contribution < -0.4 is 14.2 Å². The van der Waals surface area contributed by atoms with Gasteiger partial charge in [0.25, 0.3) is 0 Å². The van der Waals surface area contributed by atoms with Gasteiger partial charge in [-0.15, -0.1) is 0 Å². The normalized spacial score (nSPS) is 17.4. The summed E-state index contributed by atoms with van der Waals surface area (Å²) in [6.45, 7) is 4.05. The maximum absolute atomic E-state index is 12.9. The molecule has 2 atom stereocenters. The van der Waals surface area contributed by atoms with Crippen molar-refractivity contribution >= 4 is 43.5 Å².